The lowest BCUT2D eigenvalue weighted by molar-refractivity contribution is -0.113. The van der Waals surface area contributed by atoms with E-state index in [1.165, 1.54) is 36.0 Å². The second-order valence-corrected chi connectivity index (χ2v) is 7.09. The van der Waals surface area contributed by atoms with Crippen molar-refractivity contribution in [2.75, 3.05) is 11.1 Å². The van der Waals surface area contributed by atoms with E-state index in [2.05, 4.69) is 10.3 Å². The number of imidazole rings is 1. The summed E-state index contributed by atoms with van der Waals surface area (Å²) in [5.41, 5.74) is 2.32. The van der Waals surface area contributed by atoms with Gasteiger partial charge in [0.05, 0.1) is 22.3 Å². The van der Waals surface area contributed by atoms with Crippen molar-refractivity contribution in [1.82, 2.24) is 9.55 Å². The molecule has 4 rings (SSSR count). The molecule has 1 aliphatic rings. The molecule has 0 saturated heterocycles. The molecule has 3 aromatic rings. The molecule has 1 atom stereocenters. The van der Waals surface area contributed by atoms with E-state index < -0.39 is 5.97 Å². The average Bonchev–Trinajstić information content (AvgIpc) is 2.98. The van der Waals surface area contributed by atoms with Crippen molar-refractivity contribution in [1.29, 1.82) is 0 Å². The Labute approximate surface area is 158 Å². The third kappa shape index (κ3) is 3.31. The molecule has 1 unspecified atom stereocenters. The Bertz CT molecular complexity index is 1030. The van der Waals surface area contributed by atoms with Gasteiger partial charge in [0.25, 0.3) is 0 Å². The summed E-state index contributed by atoms with van der Waals surface area (Å²) in [6.07, 6.45) is 1.55. The second kappa shape index (κ2) is 6.88. The molecule has 2 N–H and O–H groups in total. The Balaban J connectivity index is 1.84. The van der Waals surface area contributed by atoms with Crippen LogP contribution in [0.15, 0.2) is 54.9 Å². The number of benzene rings is 2. The number of hydrogen-bond donors (Lipinski definition) is 2. The van der Waals surface area contributed by atoms with Crippen molar-refractivity contribution in [3.05, 3.63) is 77.5 Å². The Morgan fingerprint density at radius 2 is 2.04 bits per heavy atom. The number of halogens is 1. The van der Waals surface area contributed by atoms with Crippen molar-refractivity contribution in [3.8, 4) is 5.69 Å². The van der Waals surface area contributed by atoms with Crippen LogP contribution in [-0.4, -0.2) is 32.3 Å². The van der Waals surface area contributed by atoms with Crippen molar-refractivity contribution in [2.24, 2.45) is 0 Å². The number of carbonyl (C=O) groups is 2. The third-order valence-corrected chi connectivity index (χ3v) is 5.50. The monoisotopic (exact) mass is 383 g/mol. The van der Waals surface area contributed by atoms with Crippen LogP contribution in [0.5, 0.6) is 0 Å². The second-order valence-electron chi connectivity index (χ2n) is 5.99. The highest BCUT2D eigenvalue weighted by Crippen LogP contribution is 2.42. The van der Waals surface area contributed by atoms with E-state index >= 15 is 0 Å². The summed E-state index contributed by atoms with van der Waals surface area (Å²) in [6.45, 7) is 0. The molecule has 0 aliphatic carbocycles. The minimum Gasteiger partial charge on any atom is -0.478 e. The maximum Gasteiger partial charge on any atom is 0.335 e. The molecule has 0 bridgehead atoms. The number of anilines is 1. The summed E-state index contributed by atoms with van der Waals surface area (Å²) in [6, 6.07) is 12.6. The molecule has 27 heavy (non-hydrogen) atoms. The molecule has 1 aliphatic heterocycles. The number of aromatic nitrogens is 2. The fourth-order valence-corrected chi connectivity index (χ4v) is 4.12. The van der Waals surface area contributed by atoms with Gasteiger partial charge in [-0.1, -0.05) is 18.2 Å². The number of thioether (sulfide) groups is 1. The van der Waals surface area contributed by atoms with E-state index in [-0.39, 0.29) is 28.3 Å². The van der Waals surface area contributed by atoms with Crippen LogP contribution in [0.25, 0.3) is 5.69 Å². The number of carbonyl (C=O) groups excluding carboxylic acids is 1. The van der Waals surface area contributed by atoms with Gasteiger partial charge in [0.2, 0.25) is 5.91 Å². The number of rotatable bonds is 3. The SMILES string of the molecule is O=C1CSC(c2ccc(C(=O)O)cc2)c2c(ncn2-c2cccc(F)c2)N1. The topological polar surface area (TPSA) is 84.2 Å². The van der Waals surface area contributed by atoms with Gasteiger partial charge >= 0.3 is 5.97 Å². The quantitative estimate of drug-likeness (QED) is 0.723. The number of fused-ring (bicyclic) bond motifs is 1. The van der Waals surface area contributed by atoms with Crippen molar-refractivity contribution in [3.63, 3.8) is 0 Å². The molecule has 0 saturated carbocycles. The van der Waals surface area contributed by atoms with E-state index in [9.17, 15) is 14.0 Å². The molecule has 136 valence electrons. The molecule has 0 radical (unpaired) electrons. The van der Waals surface area contributed by atoms with Crippen LogP contribution in [-0.2, 0) is 4.79 Å². The van der Waals surface area contributed by atoms with Crippen LogP contribution >= 0.6 is 11.8 Å². The number of nitrogens with one attached hydrogen (secondary N) is 1. The molecule has 1 amide bonds. The van der Waals surface area contributed by atoms with Gasteiger partial charge in [-0.25, -0.2) is 14.2 Å². The van der Waals surface area contributed by atoms with E-state index in [0.717, 1.165) is 5.56 Å². The highest BCUT2D eigenvalue weighted by Gasteiger charge is 2.29. The molecule has 0 fully saturated rings. The lowest BCUT2D eigenvalue weighted by Crippen LogP contribution is -2.12. The van der Waals surface area contributed by atoms with E-state index in [4.69, 9.17) is 5.11 Å². The molecule has 2 heterocycles. The summed E-state index contributed by atoms with van der Waals surface area (Å²) in [5.74, 6) is -0.901. The van der Waals surface area contributed by atoms with Gasteiger partial charge in [-0.3, -0.25) is 9.36 Å². The molecular weight excluding hydrogens is 369 g/mol. The summed E-state index contributed by atoms with van der Waals surface area (Å²) in [7, 11) is 0. The highest BCUT2D eigenvalue weighted by molar-refractivity contribution is 8.00. The third-order valence-electron chi connectivity index (χ3n) is 4.24. The number of nitrogens with zero attached hydrogens (tertiary/aromatic N) is 2. The van der Waals surface area contributed by atoms with Crippen molar-refractivity contribution < 1.29 is 19.1 Å². The molecule has 0 spiro atoms. The predicted molar refractivity (Wildman–Crippen MR) is 99.9 cm³/mol. The fourth-order valence-electron chi connectivity index (χ4n) is 3.00. The van der Waals surface area contributed by atoms with Gasteiger partial charge < -0.3 is 10.4 Å². The first-order valence-corrected chi connectivity index (χ1v) is 9.15. The number of carboxylic acid groups (broad SMARTS) is 1. The first-order valence-electron chi connectivity index (χ1n) is 8.11. The van der Waals surface area contributed by atoms with Gasteiger partial charge in [-0.15, -0.1) is 11.8 Å². The predicted octanol–water partition coefficient (Wildman–Crippen LogP) is 3.48. The van der Waals surface area contributed by atoms with Crippen LogP contribution in [0.2, 0.25) is 0 Å². The van der Waals surface area contributed by atoms with Crippen molar-refractivity contribution >= 4 is 29.5 Å². The maximum absolute atomic E-state index is 13.7. The van der Waals surface area contributed by atoms with Crippen LogP contribution in [0, 0.1) is 5.82 Å². The van der Waals surface area contributed by atoms with Gasteiger partial charge in [0.15, 0.2) is 5.82 Å². The number of carboxylic acids is 1. The first kappa shape index (κ1) is 17.3. The van der Waals surface area contributed by atoms with Gasteiger partial charge in [0.1, 0.15) is 12.1 Å². The summed E-state index contributed by atoms with van der Waals surface area (Å²) >= 11 is 1.41. The molecule has 8 heteroatoms. The lowest BCUT2D eigenvalue weighted by Gasteiger charge is -2.18. The summed E-state index contributed by atoms with van der Waals surface area (Å²) in [4.78, 5) is 27.4. The van der Waals surface area contributed by atoms with Gasteiger partial charge in [-0.2, -0.15) is 0 Å². The van der Waals surface area contributed by atoms with Crippen LogP contribution in [0.4, 0.5) is 10.2 Å². The zero-order chi connectivity index (χ0) is 19.0. The van der Waals surface area contributed by atoms with E-state index in [0.29, 0.717) is 17.2 Å². The summed E-state index contributed by atoms with van der Waals surface area (Å²) < 4.78 is 15.5. The zero-order valence-corrected chi connectivity index (χ0v) is 14.7. The number of amides is 1. The Morgan fingerprint density at radius 3 is 2.74 bits per heavy atom. The minimum atomic E-state index is -1.00. The van der Waals surface area contributed by atoms with Gasteiger partial charge in [0, 0.05) is 5.69 Å². The van der Waals surface area contributed by atoms with Crippen molar-refractivity contribution in [2.45, 2.75) is 5.25 Å². The Morgan fingerprint density at radius 1 is 1.26 bits per heavy atom. The maximum atomic E-state index is 13.7. The average molecular weight is 383 g/mol. The molecule has 2 aromatic carbocycles. The smallest absolute Gasteiger partial charge is 0.335 e. The van der Waals surface area contributed by atoms with Crippen LogP contribution < -0.4 is 5.32 Å². The Kier molecular flexibility index (Phi) is 4.41. The minimum absolute atomic E-state index is 0.171. The highest BCUT2D eigenvalue weighted by atomic mass is 32.2. The lowest BCUT2D eigenvalue weighted by atomic mass is 10.1. The first-order chi connectivity index (χ1) is 13.0. The van der Waals surface area contributed by atoms with E-state index in [1.807, 2.05) is 0 Å². The standard InChI is InChI=1S/C19H14FN3O3S/c20-13-2-1-3-14(8-13)23-10-21-18-16(23)17(27-9-15(24)22-18)11-4-6-12(7-5-11)19(25)26/h1-8,10,17H,9H2,(H,22,24)(H,25,26). The van der Waals surface area contributed by atoms with Crippen LogP contribution in [0.1, 0.15) is 26.9 Å². The number of hydrogen-bond acceptors (Lipinski definition) is 4. The van der Waals surface area contributed by atoms with E-state index in [1.54, 1.807) is 35.2 Å². The summed E-state index contributed by atoms with van der Waals surface area (Å²) in [5, 5.41) is 11.6. The largest absolute Gasteiger partial charge is 0.478 e. The van der Waals surface area contributed by atoms with Crippen LogP contribution in [0.3, 0.4) is 0 Å². The zero-order valence-electron chi connectivity index (χ0n) is 13.9. The Hall–Kier alpha value is -3.13. The molecule has 1 aromatic heterocycles. The number of aromatic carboxylic acids is 1. The molecule has 6 nitrogen and oxygen atoms in total. The fraction of sp³-hybridized carbons (Fsp3) is 0.105. The normalized spacial score (nSPS) is 16.3. The van der Waals surface area contributed by atoms with Gasteiger partial charge in [-0.05, 0) is 35.9 Å². The molecular formula is C19H14FN3O3S.